The summed E-state index contributed by atoms with van der Waals surface area (Å²) in [6.45, 7) is 1.95. The maximum atomic E-state index is 13.0. The van der Waals surface area contributed by atoms with Gasteiger partial charge in [0.2, 0.25) is 0 Å². The first kappa shape index (κ1) is 20.3. The van der Waals surface area contributed by atoms with Gasteiger partial charge in [-0.2, -0.15) is 0 Å². The first-order valence-corrected chi connectivity index (χ1v) is 9.44. The van der Waals surface area contributed by atoms with Crippen LogP contribution in [-0.4, -0.2) is 49.6 Å². The van der Waals surface area contributed by atoms with Crippen LogP contribution in [0.5, 0.6) is 11.5 Å². The van der Waals surface area contributed by atoms with Crippen molar-refractivity contribution in [2.75, 3.05) is 33.9 Å². The van der Waals surface area contributed by atoms with E-state index in [1.54, 1.807) is 44.6 Å². The van der Waals surface area contributed by atoms with Crippen LogP contribution in [-0.2, 0) is 0 Å². The number of likely N-dealkylation sites (tertiary alicyclic amines) is 1. The minimum absolute atomic E-state index is 0.0442. The molecule has 1 saturated heterocycles. The average molecular weight is 387 g/mol. The van der Waals surface area contributed by atoms with Crippen LogP contribution in [0.4, 0.5) is 4.39 Å². The molecule has 2 aromatic carbocycles. The van der Waals surface area contributed by atoms with E-state index in [1.807, 2.05) is 0 Å². The van der Waals surface area contributed by atoms with Crippen LogP contribution in [0.25, 0.3) is 0 Å². The molecule has 0 aliphatic carbocycles. The molecule has 1 fully saturated rings. The molecule has 1 heterocycles. The Morgan fingerprint density at radius 3 is 2.36 bits per heavy atom. The summed E-state index contributed by atoms with van der Waals surface area (Å²) in [6.07, 6.45) is 0.811. The Morgan fingerprint density at radius 1 is 1.11 bits per heavy atom. The van der Waals surface area contributed by atoms with Crippen LogP contribution in [0, 0.1) is 11.7 Å². The van der Waals surface area contributed by atoms with Gasteiger partial charge in [0.1, 0.15) is 5.82 Å². The van der Waals surface area contributed by atoms with E-state index in [4.69, 9.17) is 9.47 Å². The number of piperidine rings is 1. The number of aliphatic hydroxyl groups excluding tert-OH is 1. The van der Waals surface area contributed by atoms with Crippen molar-refractivity contribution in [3.05, 3.63) is 59.4 Å². The van der Waals surface area contributed by atoms with E-state index in [-0.39, 0.29) is 17.5 Å². The number of nitrogens with zero attached hydrogens (tertiary/aromatic N) is 1. The zero-order valence-electron chi connectivity index (χ0n) is 16.2. The largest absolute Gasteiger partial charge is 0.493 e. The second-order valence-corrected chi connectivity index (χ2v) is 7.08. The van der Waals surface area contributed by atoms with Crippen LogP contribution in [0.1, 0.15) is 34.9 Å². The smallest absolute Gasteiger partial charge is 0.166 e. The molecule has 0 aromatic heterocycles. The number of halogens is 1. The predicted octanol–water partition coefficient (Wildman–Crippen LogP) is 3.47. The number of hydrogen-bond acceptors (Lipinski definition) is 5. The fourth-order valence-electron chi connectivity index (χ4n) is 3.64. The van der Waals surface area contributed by atoms with Gasteiger partial charge in [-0.05, 0) is 61.8 Å². The molecule has 1 atom stereocenters. The lowest BCUT2D eigenvalue weighted by Gasteiger charge is -2.32. The topological polar surface area (TPSA) is 59.0 Å². The number of rotatable bonds is 7. The molecule has 0 amide bonds. The number of β-amino-alcohol motifs (C(OH)–C–C–N with tert-alkyl or cyclic N) is 1. The zero-order chi connectivity index (χ0) is 20.1. The van der Waals surface area contributed by atoms with Gasteiger partial charge in [0.15, 0.2) is 17.3 Å². The number of methoxy groups -OCH3 is 2. The molecule has 0 spiro atoms. The molecule has 1 unspecified atom stereocenters. The summed E-state index contributed by atoms with van der Waals surface area (Å²) in [5.74, 6) is 0.902. The molecule has 28 heavy (non-hydrogen) atoms. The maximum absolute atomic E-state index is 13.0. The van der Waals surface area contributed by atoms with Crippen molar-refractivity contribution < 1.29 is 23.8 Å². The Labute approximate surface area is 164 Å². The quantitative estimate of drug-likeness (QED) is 0.737. The van der Waals surface area contributed by atoms with Gasteiger partial charge in [-0.15, -0.1) is 0 Å². The number of Topliss-reactive ketones (excluding diaryl/α,β-unsaturated/α-hetero) is 1. The second-order valence-electron chi connectivity index (χ2n) is 7.08. The number of carbonyl (C=O) groups is 1. The summed E-state index contributed by atoms with van der Waals surface area (Å²) in [7, 11) is 3.12. The highest BCUT2D eigenvalue weighted by molar-refractivity contribution is 5.98. The van der Waals surface area contributed by atoms with Gasteiger partial charge in [0.05, 0.1) is 20.3 Å². The zero-order valence-corrected chi connectivity index (χ0v) is 16.2. The van der Waals surface area contributed by atoms with Crippen LogP contribution >= 0.6 is 0 Å². The number of ether oxygens (including phenoxy) is 2. The van der Waals surface area contributed by atoms with E-state index in [1.165, 1.54) is 12.1 Å². The van der Waals surface area contributed by atoms with E-state index in [9.17, 15) is 14.3 Å². The van der Waals surface area contributed by atoms with Crippen molar-refractivity contribution in [1.29, 1.82) is 0 Å². The molecule has 1 aliphatic heterocycles. The van der Waals surface area contributed by atoms with E-state index in [0.29, 0.717) is 29.2 Å². The van der Waals surface area contributed by atoms with Crippen molar-refractivity contribution >= 4 is 5.78 Å². The Kier molecular flexibility index (Phi) is 6.65. The van der Waals surface area contributed by atoms with Crippen molar-refractivity contribution in [3.8, 4) is 11.5 Å². The Morgan fingerprint density at radius 2 is 1.75 bits per heavy atom. The first-order chi connectivity index (χ1) is 13.5. The normalized spacial score (nSPS) is 16.6. The summed E-state index contributed by atoms with van der Waals surface area (Å²) >= 11 is 0. The number of ketones is 1. The maximum Gasteiger partial charge on any atom is 0.166 e. The Balaban J connectivity index is 1.56. The highest BCUT2D eigenvalue weighted by Gasteiger charge is 2.27. The lowest BCUT2D eigenvalue weighted by atomic mass is 9.88. The van der Waals surface area contributed by atoms with E-state index >= 15 is 0 Å². The van der Waals surface area contributed by atoms with Gasteiger partial charge < -0.3 is 19.5 Å². The molecule has 150 valence electrons. The van der Waals surface area contributed by atoms with E-state index in [2.05, 4.69) is 4.90 Å². The molecule has 2 aromatic rings. The summed E-state index contributed by atoms with van der Waals surface area (Å²) in [5.41, 5.74) is 1.33. The Hall–Kier alpha value is -2.44. The summed E-state index contributed by atoms with van der Waals surface area (Å²) in [6, 6.07) is 11.2. The van der Waals surface area contributed by atoms with Crippen LogP contribution in [0.3, 0.4) is 0 Å². The lowest BCUT2D eigenvalue weighted by Crippen LogP contribution is -2.38. The monoisotopic (exact) mass is 387 g/mol. The Bertz CT molecular complexity index is 801. The van der Waals surface area contributed by atoms with Crippen LogP contribution in [0.2, 0.25) is 0 Å². The molecule has 6 heteroatoms. The molecule has 1 N–H and O–H groups in total. The van der Waals surface area contributed by atoms with Gasteiger partial charge in [0, 0.05) is 18.0 Å². The van der Waals surface area contributed by atoms with Crippen LogP contribution in [0.15, 0.2) is 42.5 Å². The predicted molar refractivity (Wildman–Crippen MR) is 104 cm³/mol. The lowest BCUT2D eigenvalue weighted by molar-refractivity contribution is 0.0726. The number of benzene rings is 2. The minimum atomic E-state index is -0.668. The van der Waals surface area contributed by atoms with Gasteiger partial charge in [0.25, 0.3) is 0 Å². The number of carbonyl (C=O) groups excluding carboxylic acids is 1. The highest BCUT2D eigenvalue weighted by Crippen LogP contribution is 2.30. The summed E-state index contributed by atoms with van der Waals surface area (Å²) in [5, 5.41) is 10.4. The van der Waals surface area contributed by atoms with Crippen molar-refractivity contribution in [1.82, 2.24) is 4.90 Å². The molecular formula is C22H26FNO4. The third-order valence-corrected chi connectivity index (χ3v) is 5.31. The van der Waals surface area contributed by atoms with E-state index < -0.39 is 6.10 Å². The molecule has 5 nitrogen and oxygen atoms in total. The highest BCUT2D eigenvalue weighted by atomic mass is 19.1. The van der Waals surface area contributed by atoms with Crippen molar-refractivity contribution in [2.24, 2.45) is 5.92 Å². The molecule has 3 rings (SSSR count). The van der Waals surface area contributed by atoms with Crippen LogP contribution < -0.4 is 9.47 Å². The molecule has 0 saturated carbocycles. The molecule has 0 bridgehead atoms. The minimum Gasteiger partial charge on any atom is -0.493 e. The van der Waals surface area contributed by atoms with Crippen molar-refractivity contribution in [3.63, 3.8) is 0 Å². The molecular weight excluding hydrogens is 361 g/mol. The molecule has 1 aliphatic rings. The first-order valence-electron chi connectivity index (χ1n) is 9.44. The SMILES string of the molecule is COc1ccc(C(=O)C2CCN(CC(O)c3ccc(F)cc3)CC2)cc1OC. The average Bonchev–Trinajstić information content (AvgIpc) is 2.73. The van der Waals surface area contributed by atoms with E-state index in [0.717, 1.165) is 25.9 Å². The fourth-order valence-corrected chi connectivity index (χ4v) is 3.64. The van der Waals surface area contributed by atoms with Gasteiger partial charge in [-0.1, -0.05) is 12.1 Å². The number of hydrogen-bond donors (Lipinski definition) is 1. The summed E-state index contributed by atoms with van der Waals surface area (Å²) in [4.78, 5) is 15.0. The van der Waals surface area contributed by atoms with Crippen molar-refractivity contribution in [2.45, 2.75) is 18.9 Å². The van der Waals surface area contributed by atoms with Gasteiger partial charge in [-0.25, -0.2) is 4.39 Å². The van der Waals surface area contributed by atoms with Gasteiger partial charge >= 0.3 is 0 Å². The van der Waals surface area contributed by atoms with Gasteiger partial charge in [-0.3, -0.25) is 4.79 Å². The summed E-state index contributed by atoms with van der Waals surface area (Å²) < 4.78 is 23.5. The third-order valence-electron chi connectivity index (χ3n) is 5.31. The fraction of sp³-hybridized carbons (Fsp3) is 0.409. The second kappa shape index (κ2) is 9.17. The molecule has 0 radical (unpaired) electrons. The number of aliphatic hydroxyl groups is 1. The third kappa shape index (κ3) is 4.69. The standard InChI is InChI=1S/C22H26FNO4/c1-27-20-8-5-17(13-21(20)28-2)22(26)16-9-11-24(12-10-16)14-19(25)15-3-6-18(23)7-4-15/h3-8,13,16,19,25H,9-12,14H2,1-2H3.